The third-order valence-corrected chi connectivity index (χ3v) is 4.43. The highest BCUT2D eigenvalue weighted by Gasteiger charge is 2.27. The van der Waals surface area contributed by atoms with Crippen LogP contribution in [0, 0.1) is 5.92 Å². The molecule has 2 aliphatic heterocycles. The van der Waals surface area contributed by atoms with E-state index in [0.29, 0.717) is 6.04 Å². The average Bonchev–Trinajstić information content (AvgIpc) is 2.87. The quantitative estimate of drug-likeness (QED) is 0.894. The van der Waals surface area contributed by atoms with E-state index in [4.69, 9.17) is 4.74 Å². The zero-order valence-electron chi connectivity index (χ0n) is 11.8. The Morgan fingerprint density at radius 2 is 2.26 bits per heavy atom. The number of fused-ring (bicyclic) bond motifs is 1. The van der Waals surface area contributed by atoms with Crippen LogP contribution in [0.2, 0.25) is 0 Å². The summed E-state index contributed by atoms with van der Waals surface area (Å²) >= 11 is 0. The Bertz CT molecular complexity index is 421. The van der Waals surface area contributed by atoms with Gasteiger partial charge in [-0.05, 0) is 43.0 Å². The van der Waals surface area contributed by atoms with Gasteiger partial charge in [-0.2, -0.15) is 0 Å². The molecular formula is C16H24N2O. The van der Waals surface area contributed by atoms with E-state index in [1.54, 1.807) is 0 Å². The van der Waals surface area contributed by atoms with Gasteiger partial charge in [-0.3, -0.25) is 0 Å². The normalized spacial score (nSPS) is 27.4. The summed E-state index contributed by atoms with van der Waals surface area (Å²) in [6.45, 7) is 5.56. The van der Waals surface area contributed by atoms with Crippen LogP contribution in [-0.2, 0) is 11.2 Å². The summed E-state index contributed by atoms with van der Waals surface area (Å²) in [6, 6.07) is 9.39. The van der Waals surface area contributed by atoms with Crippen molar-refractivity contribution in [3.63, 3.8) is 0 Å². The summed E-state index contributed by atoms with van der Waals surface area (Å²) in [5, 5.41) is 3.68. The molecule has 2 atom stereocenters. The molecule has 1 saturated heterocycles. The number of hydrogen-bond donors (Lipinski definition) is 1. The highest BCUT2D eigenvalue weighted by molar-refractivity contribution is 5.32. The molecule has 2 aliphatic rings. The molecule has 0 saturated carbocycles. The Labute approximate surface area is 115 Å². The molecule has 1 fully saturated rings. The summed E-state index contributed by atoms with van der Waals surface area (Å²) in [5.41, 5.74) is 3.03. The highest BCUT2D eigenvalue weighted by atomic mass is 16.5. The Hall–Kier alpha value is -0.900. The smallest absolute Gasteiger partial charge is 0.0503 e. The van der Waals surface area contributed by atoms with Crippen molar-refractivity contribution in [1.82, 2.24) is 10.2 Å². The van der Waals surface area contributed by atoms with Crippen LogP contribution in [0.1, 0.15) is 23.6 Å². The number of hydrogen-bond acceptors (Lipinski definition) is 3. The summed E-state index contributed by atoms with van der Waals surface area (Å²) in [5.74, 6) is 0.726. The minimum Gasteiger partial charge on any atom is -0.384 e. The van der Waals surface area contributed by atoms with Crippen LogP contribution in [0.5, 0.6) is 0 Å². The fourth-order valence-electron chi connectivity index (χ4n) is 3.46. The lowest BCUT2D eigenvalue weighted by Gasteiger charge is -2.30. The first-order valence-electron chi connectivity index (χ1n) is 7.39. The van der Waals surface area contributed by atoms with E-state index in [9.17, 15) is 0 Å². The number of nitrogens with zero attached hydrogens (tertiary/aromatic N) is 1. The van der Waals surface area contributed by atoms with Crippen LogP contribution in [0.4, 0.5) is 0 Å². The average molecular weight is 260 g/mol. The molecule has 0 bridgehead atoms. The van der Waals surface area contributed by atoms with E-state index in [1.165, 1.54) is 37.1 Å². The minimum absolute atomic E-state index is 0.506. The molecule has 2 unspecified atom stereocenters. The second-order valence-electron chi connectivity index (χ2n) is 5.83. The van der Waals surface area contributed by atoms with E-state index < -0.39 is 0 Å². The zero-order chi connectivity index (χ0) is 13.1. The standard InChI is InChI=1S/C16H24N2O/c1-19-12-13-7-9-18(10-13)11-16-15-5-3-2-4-14(15)6-8-17-16/h2-5,13,16-17H,6-12H2,1H3. The Morgan fingerprint density at radius 3 is 3.16 bits per heavy atom. The summed E-state index contributed by atoms with van der Waals surface area (Å²) in [4.78, 5) is 2.59. The lowest BCUT2D eigenvalue weighted by Crippen LogP contribution is -2.38. The largest absolute Gasteiger partial charge is 0.384 e. The first-order chi connectivity index (χ1) is 9.36. The van der Waals surface area contributed by atoms with Crippen LogP contribution in [-0.4, -0.2) is 44.8 Å². The second kappa shape index (κ2) is 6.04. The molecule has 1 N–H and O–H groups in total. The van der Waals surface area contributed by atoms with Crippen LogP contribution < -0.4 is 5.32 Å². The maximum atomic E-state index is 5.28. The third kappa shape index (κ3) is 2.99. The fraction of sp³-hybridized carbons (Fsp3) is 0.625. The molecule has 0 spiro atoms. The van der Waals surface area contributed by atoms with Crippen molar-refractivity contribution in [2.24, 2.45) is 5.92 Å². The van der Waals surface area contributed by atoms with Gasteiger partial charge in [0, 0.05) is 26.2 Å². The van der Waals surface area contributed by atoms with Gasteiger partial charge < -0.3 is 15.0 Å². The molecule has 2 heterocycles. The topological polar surface area (TPSA) is 24.5 Å². The molecule has 1 aromatic rings. The van der Waals surface area contributed by atoms with Gasteiger partial charge in [-0.15, -0.1) is 0 Å². The van der Waals surface area contributed by atoms with Crippen molar-refractivity contribution in [1.29, 1.82) is 0 Å². The van der Waals surface area contributed by atoms with Gasteiger partial charge in [0.15, 0.2) is 0 Å². The minimum atomic E-state index is 0.506. The van der Waals surface area contributed by atoms with Crippen molar-refractivity contribution in [2.75, 3.05) is 39.9 Å². The summed E-state index contributed by atoms with van der Waals surface area (Å²) in [7, 11) is 1.81. The van der Waals surface area contributed by atoms with Crippen LogP contribution in [0.15, 0.2) is 24.3 Å². The molecule has 0 aliphatic carbocycles. The van der Waals surface area contributed by atoms with Crippen molar-refractivity contribution < 1.29 is 4.74 Å². The van der Waals surface area contributed by atoms with E-state index in [1.807, 2.05) is 7.11 Å². The second-order valence-corrected chi connectivity index (χ2v) is 5.83. The third-order valence-electron chi connectivity index (χ3n) is 4.43. The molecule has 19 heavy (non-hydrogen) atoms. The zero-order valence-corrected chi connectivity index (χ0v) is 11.8. The Kier molecular flexibility index (Phi) is 4.16. The summed E-state index contributed by atoms with van der Waals surface area (Å²) in [6.07, 6.45) is 2.45. The Morgan fingerprint density at radius 1 is 1.37 bits per heavy atom. The van der Waals surface area contributed by atoms with Gasteiger partial charge in [0.1, 0.15) is 0 Å². The fourth-order valence-corrected chi connectivity index (χ4v) is 3.46. The predicted molar refractivity (Wildman–Crippen MR) is 77.3 cm³/mol. The molecule has 1 aromatic carbocycles. The van der Waals surface area contributed by atoms with Gasteiger partial charge in [0.2, 0.25) is 0 Å². The Balaban J connectivity index is 1.62. The molecule has 0 radical (unpaired) electrons. The van der Waals surface area contributed by atoms with Gasteiger partial charge >= 0.3 is 0 Å². The van der Waals surface area contributed by atoms with Crippen molar-refractivity contribution in [2.45, 2.75) is 18.9 Å². The molecule has 0 amide bonds. The van der Waals surface area contributed by atoms with E-state index in [2.05, 4.69) is 34.5 Å². The van der Waals surface area contributed by atoms with Crippen molar-refractivity contribution in [3.05, 3.63) is 35.4 Å². The first kappa shape index (κ1) is 13.1. The molecule has 3 nitrogen and oxygen atoms in total. The first-order valence-corrected chi connectivity index (χ1v) is 7.39. The van der Waals surface area contributed by atoms with E-state index in [-0.39, 0.29) is 0 Å². The van der Waals surface area contributed by atoms with Crippen LogP contribution >= 0.6 is 0 Å². The van der Waals surface area contributed by atoms with E-state index in [0.717, 1.165) is 25.6 Å². The molecule has 3 rings (SSSR count). The van der Waals surface area contributed by atoms with Crippen molar-refractivity contribution in [3.8, 4) is 0 Å². The number of rotatable bonds is 4. The monoisotopic (exact) mass is 260 g/mol. The van der Waals surface area contributed by atoms with Gasteiger partial charge in [-0.1, -0.05) is 24.3 Å². The van der Waals surface area contributed by atoms with Gasteiger partial charge in [-0.25, -0.2) is 0 Å². The molecule has 104 valence electrons. The van der Waals surface area contributed by atoms with E-state index >= 15 is 0 Å². The number of nitrogens with one attached hydrogen (secondary N) is 1. The molecular weight excluding hydrogens is 236 g/mol. The predicted octanol–water partition coefficient (Wildman–Crippen LogP) is 1.84. The number of likely N-dealkylation sites (tertiary alicyclic amines) is 1. The van der Waals surface area contributed by atoms with Crippen LogP contribution in [0.3, 0.4) is 0 Å². The van der Waals surface area contributed by atoms with Gasteiger partial charge in [0.05, 0.1) is 6.61 Å². The number of ether oxygens (including phenoxy) is 1. The maximum absolute atomic E-state index is 5.28. The SMILES string of the molecule is COCC1CCN(CC2NCCc3ccccc32)C1. The molecule has 3 heteroatoms. The summed E-state index contributed by atoms with van der Waals surface area (Å²) < 4.78 is 5.28. The number of methoxy groups -OCH3 is 1. The van der Waals surface area contributed by atoms with Gasteiger partial charge in [0.25, 0.3) is 0 Å². The number of benzene rings is 1. The van der Waals surface area contributed by atoms with Crippen LogP contribution in [0.25, 0.3) is 0 Å². The lowest BCUT2D eigenvalue weighted by atomic mass is 9.94. The molecule has 0 aromatic heterocycles. The maximum Gasteiger partial charge on any atom is 0.0503 e. The lowest BCUT2D eigenvalue weighted by molar-refractivity contribution is 0.152. The van der Waals surface area contributed by atoms with Crippen molar-refractivity contribution >= 4 is 0 Å². The highest BCUT2D eigenvalue weighted by Crippen LogP contribution is 2.25.